The summed E-state index contributed by atoms with van der Waals surface area (Å²) < 4.78 is 5.26. The molecule has 18 heavy (non-hydrogen) atoms. The minimum atomic E-state index is -0.435. The van der Waals surface area contributed by atoms with Crippen LogP contribution < -0.4 is 10.6 Å². The van der Waals surface area contributed by atoms with E-state index < -0.39 is 5.54 Å². The number of aliphatic hydroxyl groups excluding tert-OH is 1. The summed E-state index contributed by atoms with van der Waals surface area (Å²) in [6.07, 6.45) is 1.23. The maximum absolute atomic E-state index is 11.8. The fraction of sp³-hybridized carbons (Fsp3) is 0.667. The van der Waals surface area contributed by atoms with E-state index in [-0.39, 0.29) is 18.7 Å². The first kappa shape index (κ1) is 14.5. The van der Waals surface area contributed by atoms with Crippen LogP contribution in [0.2, 0.25) is 0 Å². The summed E-state index contributed by atoms with van der Waals surface area (Å²) in [6, 6.07) is -0.195. The molecular weight excluding hydrogens is 234 g/mol. The Balaban J connectivity index is 2.60. The van der Waals surface area contributed by atoms with Crippen LogP contribution in [0.4, 0.5) is 10.8 Å². The molecule has 1 aromatic rings. The standard InChI is InChI=1S/C12H21N3O3/c1-5-12(4,6-7-16)15-10(17)14-11-13-8(2)9(3)18-11/h16H,5-7H2,1-4H3,(H2,13,14,15,17). The molecule has 0 saturated heterocycles. The molecule has 0 spiro atoms. The Labute approximate surface area is 107 Å². The van der Waals surface area contributed by atoms with Gasteiger partial charge in [0.25, 0.3) is 0 Å². The number of anilines is 1. The molecule has 1 aromatic heterocycles. The first-order valence-corrected chi connectivity index (χ1v) is 6.04. The monoisotopic (exact) mass is 255 g/mol. The van der Waals surface area contributed by atoms with Gasteiger partial charge in [0, 0.05) is 12.1 Å². The van der Waals surface area contributed by atoms with Gasteiger partial charge in [0.2, 0.25) is 0 Å². The molecule has 2 amide bonds. The highest BCUT2D eigenvalue weighted by Crippen LogP contribution is 2.15. The molecule has 0 aliphatic rings. The Morgan fingerprint density at radius 1 is 1.50 bits per heavy atom. The minimum absolute atomic E-state index is 0.0296. The van der Waals surface area contributed by atoms with Crippen molar-refractivity contribution in [1.82, 2.24) is 10.3 Å². The first-order valence-electron chi connectivity index (χ1n) is 6.04. The number of aromatic nitrogens is 1. The SMILES string of the molecule is CCC(C)(CCO)NC(=O)Nc1nc(C)c(C)o1. The Hall–Kier alpha value is -1.56. The van der Waals surface area contributed by atoms with Gasteiger partial charge in [-0.3, -0.25) is 5.32 Å². The summed E-state index contributed by atoms with van der Waals surface area (Å²) in [7, 11) is 0. The van der Waals surface area contributed by atoms with E-state index in [0.29, 0.717) is 12.2 Å². The van der Waals surface area contributed by atoms with Gasteiger partial charge in [0.1, 0.15) is 5.76 Å². The van der Waals surface area contributed by atoms with Gasteiger partial charge in [-0.05, 0) is 33.6 Å². The van der Waals surface area contributed by atoms with Gasteiger partial charge < -0.3 is 14.8 Å². The van der Waals surface area contributed by atoms with Crippen molar-refractivity contribution in [1.29, 1.82) is 0 Å². The van der Waals surface area contributed by atoms with Crippen molar-refractivity contribution in [2.75, 3.05) is 11.9 Å². The molecule has 1 atom stereocenters. The number of aryl methyl sites for hydroxylation is 2. The third-order valence-electron chi connectivity index (χ3n) is 3.11. The summed E-state index contributed by atoms with van der Waals surface area (Å²) in [5, 5.41) is 14.3. The maximum Gasteiger partial charge on any atom is 0.323 e. The number of nitrogens with one attached hydrogen (secondary N) is 2. The van der Waals surface area contributed by atoms with E-state index in [0.717, 1.165) is 12.1 Å². The second-order valence-electron chi connectivity index (χ2n) is 4.63. The molecule has 0 saturated carbocycles. The third-order valence-corrected chi connectivity index (χ3v) is 3.11. The number of amides is 2. The molecular formula is C12H21N3O3. The van der Waals surface area contributed by atoms with E-state index in [4.69, 9.17) is 9.52 Å². The molecule has 0 fully saturated rings. The van der Waals surface area contributed by atoms with Crippen LogP contribution in [0.1, 0.15) is 38.1 Å². The predicted octanol–water partition coefficient (Wildman–Crippen LogP) is 1.96. The summed E-state index contributed by atoms with van der Waals surface area (Å²) in [5.41, 5.74) is 0.314. The number of nitrogens with zero attached hydrogens (tertiary/aromatic N) is 1. The van der Waals surface area contributed by atoms with E-state index in [1.54, 1.807) is 6.92 Å². The Kier molecular flexibility index (Phi) is 4.72. The van der Waals surface area contributed by atoms with Crippen LogP contribution in [0.5, 0.6) is 0 Å². The molecule has 1 heterocycles. The van der Waals surface area contributed by atoms with Gasteiger partial charge in [-0.2, -0.15) is 4.98 Å². The van der Waals surface area contributed by atoms with Crippen molar-refractivity contribution in [3.63, 3.8) is 0 Å². The van der Waals surface area contributed by atoms with E-state index in [9.17, 15) is 4.79 Å². The number of aliphatic hydroxyl groups is 1. The number of carbonyl (C=O) groups excluding carboxylic acids is 1. The lowest BCUT2D eigenvalue weighted by molar-refractivity contribution is 0.207. The molecule has 1 rings (SSSR count). The van der Waals surface area contributed by atoms with Crippen LogP contribution in [0.3, 0.4) is 0 Å². The Morgan fingerprint density at radius 2 is 2.17 bits per heavy atom. The van der Waals surface area contributed by atoms with Crippen LogP contribution in [-0.4, -0.2) is 28.3 Å². The van der Waals surface area contributed by atoms with Crippen LogP contribution >= 0.6 is 0 Å². The lowest BCUT2D eigenvalue weighted by atomic mass is 9.95. The molecule has 102 valence electrons. The quantitative estimate of drug-likeness (QED) is 0.750. The van der Waals surface area contributed by atoms with Gasteiger partial charge in [0.15, 0.2) is 0 Å². The minimum Gasteiger partial charge on any atom is -0.428 e. The Morgan fingerprint density at radius 3 is 2.61 bits per heavy atom. The van der Waals surface area contributed by atoms with Gasteiger partial charge >= 0.3 is 12.0 Å². The van der Waals surface area contributed by atoms with Crippen molar-refractivity contribution in [3.05, 3.63) is 11.5 Å². The number of oxazole rings is 1. The lowest BCUT2D eigenvalue weighted by Gasteiger charge is -2.28. The van der Waals surface area contributed by atoms with Gasteiger partial charge in [-0.25, -0.2) is 4.79 Å². The molecule has 0 aliphatic carbocycles. The van der Waals surface area contributed by atoms with Crippen molar-refractivity contribution in [2.24, 2.45) is 0 Å². The van der Waals surface area contributed by atoms with Crippen LogP contribution in [-0.2, 0) is 0 Å². The van der Waals surface area contributed by atoms with Gasteiger partial charge in [0.05, 0.1) is 5.69 Å². The number of carbonyl (C=O) groups is 1. The maximum atomic E-state index is 11.8. The molecule has 0 bridgehead atoms. The van der Waals surface area contributed by atoms with Gasteiger partial charge in [-0.15, -0.1) is 0 Å². The van der Waals surface area contributed by atoms with Crippen molar-refractivity contribution < 1.29 is 14.3 Å². The molecule has 6 nitrogen and oxygen atoms in total. The fourth-order valence-corrected chi connectivity index (χ4v) is 1.50. The van der Waals surface area contributed by atoms with Crippen molar-refractivity contribution >= 4 is 12.0 Å². The average Bonchev–Trinajstić information content (AvgIpc) is 2.57. The topological polar surface area (TPSA) is 87.4 Å². The fourth-order valence-electron chi connectivity index (χ4n) is 1.50. The third kappa shape index (κ3) is 3.73. The predicted molar refractivity (Wildman–Crippen MR) is 68.5 cm³/mol. The van der Waals surface area contributed by atoms with E-state index in [2.05, 4.69) is 15.6 Å². The first-order chi connectivity index (χ1) is 8.40. The molecule has 1 unspecified atom stereocenters. The molecule has 0 aromatic carbocycles. The van der Waals surface area contributed by atoms with E-state index >= 15 is 0 Å². The number of rotatable bonds is 5. The molecule has 0 radical (unpaired) electrons. The zero-order valence-electron chi connectivity index (χ0n) is 11.3. The summed E-state index contributed by atoms with van der Waals surface area (Å²) in [5.74, 6) is 0.680. The number of hydrogen-bond donors (Lipinski definition) is 3. The van der Waals surface area contributed by atoms with E-state index in [1.807, 2.05) is 20.8 Å². The van der Waals surface area contributed by atoms with Gasteiger partial charge in [-0.1, -0.05) is 6.92 Å². The normalized spacial score (nSPS) is 14.1. The highest BCUT2D eigenvalue weighted by Gasteiger charge is 2.24. The summed E-state index contributed by atoms with van der Waals surface area (Å²) >= 11 is 0. The largest absolute Gasteiger partial charge is 0.428 e. The molecule has 0 aliphatic heterocycles. The highest BCUT2D eigenvalue weighted by molar-refractivity contribution is 5.87. The summed E-state index contributed by atoms with van der Waals surface area (Å²) in [4.78, 5) is 15.8. The van der Waals surface area contributed by atoms with Crippen LogP contribution in [0.25, 0.3) is 0 Å². The molecule has 3 N–H and O–H groups in total. The number of urea groups is 1. The van der Waals surface area contributed by atoms with Crippen molar-refractivity contribution in [3.8, 4) is 0 Å². The second-order valence-corrected chi connectivity index (χ2v) is 4.63. The number of hydrogen-bond acceptors (Lipinski definition) is 4. The molecule has 6 heteroatoms. The van der Waals surface area contributed by atoms with Crippen LogP contribution in [0, 0.1) is 13.8 Å². The lowest BCUT2D eigenvalue weighted by Crippen LogP contribution is -2.48. The Bertz CT molecular complexity index is 397. The average molecular weight is 255 g/mol. The highest BCUT2D eigenvalue weighted by atomic mass is 16.4. The van der Waals surface area contributed by atoms with Crippen LogP contribution in [0.15, 0.2) is 4.42 Å². The zero-order valence-corrected chi connectivity index (χ0v) is 11.3. The van der Waals surface area contributed by atoms with Crippen molar-refractivity contribution in [2.45, 2.75) is 46.1 Å². The summed E-state index contributed by atoms with van der Waals surface area (Å²) in [6.45, 7) is 7.46. The smallest absolute Gasteiger partial charge is 0.323 e. The second kappa shape index (κ2) is 5.86. The van der Waals surface area contributed by atoms with E-state index in [1.165, 1.54) is 0 Å². The zero-order chi connectivity index (χ0) is 13.8.